The standard InChI is InChI=1S/C14H22N2O2/c1-11(2)14(12-6-4-3-5-7-12)16-13(17)10-18-9-8-15/h3-7,11,14H,8-10,15H2,1-2H3,(H,16,17). The van der Waals surface area contributed by atoms with Crippen LogP contribution < -0.4 is 11.1 Å². The van der Waals surface area contributed by atoms with Crippen molar-refractivity contribution in [3.63, 3.8) is 0 Å². The first-order valence-corrected chi connectivity index (χ1v) is 6.27. The quantitative estimate of drug-likeness (QED) is 0.720. The van der Waals surface area contributed by atoms with Crippen molar-refractivity contribution in [2.24, 2.45) is 11.7 Å². The normalized spacial score (nSPS) is 12.4. The minimum atomic E-state index is -0.106. The summed E-state index contributed by atoms with van der Waals surface area (Å²) in [5.74, 6) is 0.219. The second-order valence-electron chi connectivity index (χ2n) is 4.54. The molecule has 4 nitrogen and oxygen atoms in total. The molecule has 4 heteroatoms. The Kier molecular flexibility index (Phi) is 6.39. The average Bonchev–Trinajstić information content (AvgIpc) is 2.37. The van der Waals surface area contributed by atoms with Gasteiger partial charge in [-0.3, -0.25) is 4.79 Å². The lowest BCUT2D eigenvalue weighted by molar-refractivity contribution is -0.126. The molecule has 0 saturated carbocycles. The molecule has 0 aliphatic heterocycles. The first kappa shape index (κ1) is 14.7. The third-order valence-corrected chi connectivity index (χ3v) is 2.64. The minimum absolute atomic E-state index is 0.0141. The van der Waals surface area contributed by atoms with Gasteiger partial charge in [-0.1, -0.05) is 44.2 Å². The SMILES string of the molecule is CC(C)C(NC(=O)COCCN)c1ccccc1. The van der Waals surface area contributed by atoms with E-state index in [1.807, 2.05) is 30.3 Å². The number of benzene rings is 1. The maximum Gasteiger partial charge on any atom is 0.246 e. The lowest BCUT2D eigenvalue weighted by atomic mass is 9.96. The molecule has 0 bridgehead atoms. The molecule has 0 aliphatic rings. The Hall–Kier alpha value is -1.39. The fraction of sp³-hybridized carbons (Fsp3) is 0.500. The summed E-state index contributed by atoms with van der Waals surface area (Å²) >= 11 is 0. The molecule has 1 aromatic carbocycles. The van der Waals surface area contributed by atoms with Crippen molar-refractivity contribution in [1.29, 1.82) is 0 Å². The van der Waals surface area contributed by atoms with Gasteiger partial charge in [0.15, 0.2) is 0 Å². The highest BCUT2D eigenvalue weighted by Crippen LogP contribution is 2.20. The molecule has 1 amide bonds. The number of nitrogens with two attached hydrogens (primary N) is 1. The summed E-state index contributed by atoms with van der Waals surface area (Å²) in [6, 6.07) is 9.97. The van der Waals surface area contributed by atoms with E-state index in [2.05, 4.69) is 19.2 Å². The second kappa shape index (κ2) is 7.84. The van der Waals surface area contributed by atoms with E-state index >= 15 is 0 Å². The maximum atomic E-state index is 11.7. The second-order valence-corrected chi connectivity index (χ2v) is 4.54. The summed E-state index contributed by atoms with van der Waals surface area (Å²) in [6.07, 6.45) is 0. The highest BCUT2D eigenvalue weighted by molar-refractivity contribution is 5.77. The number of carbonyl (C=O) groups is 1. The van der Waals surface area contributed by atoms with E-state index < -0.39 is 0 Å². The van der Waals surface area contributed by atoms with Gasteiger partial charge in [-0.2, -0.15) is 0 Å². The molecule has 3 N–H and O–H groups in total. The van der Waals surface area contributed by atoms with E-state index in [0.717, 1.165) is 5.56 Å². The van der Waals surface area contributed by atoms with Crippen LogP contribution in [-0.4, -0.2) is 25.7 Å². The number of hydrogen-bond donors (Lipinski definition) is 2. The molecule has 18 heavy (non-hydrogen) atoms. The Morgan fingerprint density at radius 3 is 2.56 bits per heavy atom. The monoisotopic (exact) mass is 250 g/mol. The molecule has 0 radical (unpaired) electrons. The zero-order valence-corrected chi connectivity index (χ0v) is 11.1. The molecular weight excluding hydrogens is 228 g/mol. The molecule has 1 rings (SSSR count). The third-order valence-electron chi connectivity index (χ3n) is 2.64. The van der Waals surface area contributed by atoms with E-state index in [0.29, 0.717) is 19.1 Å². The smallest absolute Gasteiger partial charge is 0.246 e. The summed E-state index contributed by atoms with van der Waals surface area (Å²) in [5, 5.41) is 2.99. The van der Waals surface area contributed by atoms with Gasteiger partial charge in [0, 0.05) is 6.54 Å². The molecule has 100 valence electrons. The van der Waals surface area contributed by atoms with Gasteiger partial charge < -0.3 is 15.8 Å². The van der Waals surface area contributed by atoms with Gasteiger partial charge >= 0.3 is 0 Å². The Balaban J connectivity index is 2.56. The van der Waals surface area contributed by atoms with Gasteiger partial charge in [-0.15, -0.1) is 0 Å². The molecule has 0 saturated heterocycles. The highest BCUT2D eigenvalue weighted by Gasteiger charge is 2.17. The topological polar surface area (TPSA) is 64.3 Å². The summed E-state index contributed by atoms with van der Waals surface area (Å²) in [5.41, 5.74) is 6.41. The molecule has 1 unspecified atom stereocenters. The van der Waals surface area contributed by atoms with Gasteiger partial charge in [0.25, 0.3) is 0 Å². The predicted molar refractivity (Wildman–Crippen MR) is 72.0 cm³/mol. The molecule has 1 atom stereocenters. The number of rotatable bonds is 7. The van der Waals surface area contributed by atoms with E-state index in [4.69, 9.17) is 10.5 Å². The van der Waals surface area contributed by atoms with Gasteiger partial charge in [0.1, 0.15) is 6.61 Å². The Morgan fingerprint density at radius 1 is 1.33 bits per heavy atom. The molecule has 0 aliphatic carbocycles. The van der Waals surface area contributed by atoms with Crippen molar-refractivity contribution in [3.05, 3.63) is 35.9 Å². The number of nitrogens with one attached hydrogen (secondary N) is 1. The Labute approximate surface area is 109 Å². The number of carbonyl (C=O) groups excluding carboxylic acids is 1. The summed E-state index contributed by atoms with van der Waals surface area (Å²) in [6.45, 7) is 5.06. The highest BCUT2D eigenvalue weighted by atomic mass is 16.5. The summed E-state index contributed by atoms with van der Waals surface area (Å²) in [4.78, 5) is 11.7. The van der Waals surface area contributed by atoms with Gasteiger partial charge in [-0.05, 0) is 11.5 Å². The fourth-order valence-electron chi connectivity index (χ4n) is 1.76. The Morgan fingerprint density at radius 2 is 2.00 bits per heavy atom. The van der Waals surface area contributed by atoms with Crippen molar-refractivity contribution in [2.45, 2.75) is 19.9 Å². The van der Waals surface area contributed by atoms with Crippen LogP contribution in [0.1, 0.15) is 25.5 Å². The van der Waals surface area contributed by atoms with Crippen molar-refractivity contribution in [1.82, 2.24) is 5.32 Å². The third kappa shape index (κ3) is 4.85. The summed E-state index contributed by atoms with van der Waals surface area (Å²) < 4.78 is 5.12. The van der Waals surface area contributed by atoms with Crippen molar-refractivity contribution >= 4 is 5.91 Å². The maximum absolute atomic E-state index is 11.7. The molecular formula is C14H22N2O2. The van der Waals surface area contributed by atoms with Gasteiger partial charge in [-0.25, -0.2) is 0 Å². The van der Waals surface area contributed by atoms with Crippen LogP contribution in [0.5, 0.6) is 0 Å². The lowest BCUT2D eigenvalue weighted by Gasteiger charge is -2.22. The number of hydrogen-bond acceptors (Lipinski definition) is 3. The van der Waals surface area contributed by atoms with E-state index in [1.165, 1.54) is 0 Å². The molecule has 0 heterocycles. The molecule has 0 aromatic heterocycles. The van der Waals surface area contributed by atoms with Crippen LogP contribution in [0.4, 0.5) is 0 Å². The largest absolute Gasteiger partial charge is 0.370 e. The van der Waals surface area contributed by atoms with E-state index in [-0.39, 0.29) is 18.6 Å². The predicted octanol–water partition coefficient (Wildman–Crippen LogP) is 1.48. The summed E-state index contributed by atoms with van der Waals surface area (Å²) in [7, 11) is 0. The van der Waals surface area contributed by atoms with Crippen molar-refractivity contribution in [3.8, 4) is 0 Å². The van der Waals surface area contributed by atoms with Crippen LogP contribution in [-0.2, 0) is 9.53 Å². The minimum Gasteiger partial charge on any atom is -0.370 e. The zero-order chi connectivity index (χ0) is 13.4. The van der Waals surface area contributed by atoms with Crippen LogP contribution in [0.15, 0.2) is 30.3 Å². The van der Waals surface area contributed by atoms with Crippen LogP contribution in [0.3, 0.4) is 0 Å². The average molecular weight is 250 g/mol. The van der Waals surface area contributed by atoms with Crippen LogP contribution in [0.2, 0.25) is 0 Å². The van der Waals surface area contributed by atoms with Crippen LogP contribution in [0.25, 0.3) is 0 Å². The lowest BCUT2D eigenvalue weighted by Crippen LogP contribution is -2.34. The molecule has 0 fully saturated rings. The number of amides is 1. The van der Waals surface area contributed by atoms with Crippen molar-refractivity contribution < 1.29 is 9.53 Å². The van der Waals surface area contributed by atoms with Gasteiger partial charge in [0.05, 0.1) is 12.6 Å². The van der Waals surface area contributed by atoms with Crippen LogP contribution >= 0.6 is 0 Å². The van der Waals surface area contributed by atoms with E-state index in [1.54, 1.807) is 0 Å². The van der Waals surface area contributed by atoms with Gasteiger partial charge in [0.2, 0.25) is 5.91 Å². The first-order chi connectivity index (χ1) is 8.65. The first-order valence-electron chi connectivity index (χ1n) is 6.27. The fourth-order valence-corrected chi connectivity index (χ4v) is 1.76. The van der Waals surface area contributed by atoms with Crippen LogP contribution in [0, 0.1) is 5.92 Å². The molecule has 1 aromatic rings. The molecule has 0 spiro atoms. The van der Waals surface area contributed by atoms with Crippen molar-refractivity contribution in [2.75, 3.05) is 19.8 Å². The van der Waals surface area contributed by atoms with E-state index in [9.17, 15) is 4.79 Å². The zero-order valence-electron chi connectivity index (χ0n) is 11.1. The number of ether oxygens (including phenoxy) is 1. The Bertz CT molecular complexity index is 352.